The summed E-state index contributed by atoms with van der Waals surface area (Å²) >= 11 is 0. The fraction of sp³-hybridized carbons (Fsp3) is 0.350. The molecular weight excluding hydrogens is 328 g/mol. The molecule has 0 N–H and O–H groups in total. The highest BCUT2D eigenvalue weighted by Crippen LogP contribution is 2.37. The van der Waals surface area contributed by atoms with Gasteiger partial charge in [0, 0.05) is 37.9 Å². The smallest absolute Gasteiger partial charge is 0.272 e. The molecule has 1 aromatic heterocycles. The zero-order chi connectivity index (χ0) is 18.1. The molecule has 26 heavy (non-hydrogen) atoms. The zero-order valence-electron chi connectivity index (χ0n) is 14.8. The van der Waals surface area contributed by atoms with Gasteiger partial charge in [-0.1, -0.05) is 18.2 Å². The predicted molar refractivity (Wildman–Crippen MR) is 99.5 cm³/mol. The van der Waals surface area contributed by atoms with E-state index in [4.69, 9.17) is 0 Å². The monoisotopic (exact) mass is 350 g/mol. The Bertz CT molecular complexity index is 813. The van der Waals surface area contributed by atoms with E-state index in [1.807, 2.05) is 12.1 Å². The van der Waals surface area contributed by atoms with Gasteiger partial charge in [-0.25, -0.2) is 4.98 Å². The normalized spacial score (nSPS) is 19.4. The van der Waals surface area contributed by atoms with Crippen molar-refractivity contribution in [2.24, 2.45) is 0 Å². The summed E-state index contributed by atoms with van der Waals surface area (Å²) in [5, 5.41) is 0. The van der Waals surface area contributed by atoms with Gasteiger partial charge in [-0.3, -0.25) is 9.59 Å². The summed E-state index contributed by atoms with van der Waals surface area (Å²) in [7, 11) is 0. The number of amides is 2. The van der Waals surface area contributed by atoms with Crippen LogP contribution in [0.2, 0.25) is 0 Å². The zero-order valence-corrected chi connectivity index (χ0v) is 14.8. The van der Waals surface area contributed by atoms with Gasteiger partial charge in [0.2, 0.25) is 6.41 Å². The van der Waals surface area contributed by atoms with Crippen molar-refractivity contribution in [2.75, 3.05) is 31.1 Å². The molecule has 1 saturated heterocycles. The van der Waals surface area contributed by atoms with E-state index in [0.29, 0.717) is 37.9 Å². The summed E-state index contributed by atoms with van der Waals surface area (Å²) in [6.07, 6.45) is 3.63. The van der Waals surface area contributed by atoms with Crippen LogP contribution in [-0.2, 0) is 11.2 Å². The minimum absolute atomic E-state index is 0.0723. The van der Waals surface area contributed by atoms with Crippen molar-refractivity contribution >= 4 is 23.7 Å². The van der Waals surface area contributed by atoms with Crippen LogP contribution in [0.1, 0.15) is 23.0 Å². The van der Waals surface area contributed by atoms with E-state index >= 15 is 0 Å². The van der Waals surface area contributed by atoms with Gasteiger partial charge in [-0.15, -0.1) is 0 Å². The van der Waals surface area contributed by atoms with E-state index in [1.54, 1.807) is 22.1 Å². The highest BCUT2D eigenvalue weighted by Gasteiger charge is 2.27. The van der Waals surface area contributed by atoms with E-state index in [-0.39, 0.29) is 5.91 Å². The first-order valence-electron chi connectivity index (χ1n) is 8.99. The minimum atomic E-state index is -0.0723. The fourth-order valence-electron chi connectivity index (χ4n) is 3.81. The summed E-state index contributed by atoms with van der Waals surface area (Å²) < 4.78 is 0. The molecule has 0 saturated carbocycles. The molecule has 0 spiro atoms. The van der Waals surface area contributed by atoms with Gasteiger partial charge in [0.15, 0.2) is 0 Å². The van der Waals surface area contributed by atoms with Crippen LogP contribution < -0.4 is 4.90 Å². The van der Waals surface area contributed by atoms with Gasteiger partial charge < -0.3 is 14.7 Å². The molecule has 3 heterocycles. The van der Waals surface area contributed by atoms with Gasteiger partial charge in [-0.05, 0) is 37.1 Å². The molecule has 0 bridgehead atoms. The van der Waals surface area contributed by atoms with Crippen LogP contribution >= 0.6 is 0 Å². The SMILES string of the molecule is CC1Cc2ccccc2N1c1ccc(C(=O)N2CCN(C=O)CC2)nc1. The first kappa shape index (κ1) is 16.6. The molecule has 1 fully saturated rings. The second kappa shape index (κ2) is 6.78. The Balaban J connectivity index is 1.51. The van der Waals surface area contributed by atoms with Crippen LogP contribution in [0.15, 0.2) is 42.6 Å². The number of pyridine rings is 1. The Kier molecular flexibility index (Phi) is 4.32. The Morgan fingerprint density at radius 1 is 1.12 bits per heavy atom. The molecular formula is C20H22N4O2. The Hall–Kier alpha value is -2.89. The predicted octanol–water partition coefficient (Wildman–Crippen LogP) is 2.08. The average Bonchev–Trinajstić information content (AvgIpc) is 3.03. The number of hydrogen-bond donors (Lipinski definition) is 0. The van der Waals surface area contributed by atoms with Crippen molar-refractivity contribution in [1.29, 1.82) is 0 Å². The summed E-state index contributed by atoms with van der Waals surface area (Å²) in [5.41, 5.74) is 4.01. The third-order valence-corrected chi connectivity index (χ3v) is 5.20. The quantitative estimate of drug-likeness (QED) is 0.796. The number of benzene rings is 1. The second-order valence-electron chi connectivity index (χ2n) is 6.89. The summed E-state index contributed by atoms with van der Waals surface area (Å²) in [6, 6.07) is 12.6. The van der Waals surface area contributed by atoms with Crippen LogP contribution in [0.25, 0.3) is 0 Å². The van der Waals surface area contributed by atoms with E-state index in [2.05, 4.69) is 35.0 Å². The number of fused-ring (bicyclic) bond motifs is 1. The molecule has 2 aromatic rings. The first-order valence-corrected chi connectivity index (χ1v) is 8.99. The molecule has 1 atom stereocenters. The number of nitrogens with zero attached hydrogens (tertiary/aromatic N) is 4. The number of carbonyl (C=O) groups excluding carboxylic acids is 2. The maximum atomic E-state index is 12.6. The molecule has 2 aliphatic heterocycles. The lowest BCUT2D eigenvalue weighted by Crippen LogP contribution is -2.48. The molecule has 0 radical (unpaired) electrons. The molecule has 134 valence electrons. The summed E-state index contributed by atoms with van der Waals surface area (Å²) in [4.78, 5) is 33.6. The second-order valence-corrected chi connectivity index (χ2v) is 6.89. The van der Waals surface area contributed by atoms with Crippen molar-refractivity contribution in [3.05, 3.63) is 53.9 Å². The summed E-state index contributed by atoms with van der Waals surface area (Å²) in [5.74, 6) is -0.0723. The van der Waals surface area contributed by atoms with E-state index in [0.717, 1.165) is 18.5 Å². The van der Waals surface area contributed by atoms with Gasteiger partial charge in [0.25, 0.3) is 5.91 Å². The third-order valence-electron chi connectivity index (χ3n) is 5.20. The van der Waals surface area contributed by atoms with E-state index < -0.39 is 0 Å². The van der Waals surface area contributed by atoms with Crippen molar-refractivity contribution < 1.29 is 9.59 Å². The lowest BCUT2D eigenvalue weighted by atomic mass is 10.1. The van der Waals surface area contributed by atoms with Crippen LogP contribution in [0.4, 0.5) is 11.4 Å². The van der Waals surface area contributed by atoms with E-state index in [9.17, 15) is 9.59 Å². The molecule has 4 rings (SSSR count). The Morgan fingerprint density at radius 3 is 2.58 bits per heavy atom. The molecule has 1 aromatic carbocycles. The van der Waals surface area contributed by atoms with Crippen molar-refractivity contribution in [2.45, 2.75) is 19.4 Å². The maximum absolute atomic E-state index is 12.6. The number of aromatic nitrogens is 1. The molecule has 2 aliphatic rings. The largest absolute Gasteiger partial charge is 0.342 e. The highest BCUT2D eigenvalue weighted by molar-refractivity contribution is 5.92. The molecule has 1 unspecified atom stereocenters. The molecule has 6 heteroatoms. The lowest BCUT2D eigenvalue weighted by molar-refractivity contribution is -0.119. The van der Waals surface area contributed by atoms with Gasteiger partial charge in [0.05, 0.1) is 11.9 Å². The van der Waals surface area contributed by atoms with Crippen LogP contribution in [0, 0.1) is 0 Å². The van der Waals surface area contributed by atoms with Crippen molar-refractivity contribution in [1.82, 2.24) is 14.8 Å². The van der Waals surface area contributed by atoms with Crippen molar-refractivity contribution in [3.63, 3.8) is 0 Å². The average molecular weight is 350 g/mol. The Labute approximate surface area is 153 Å². The Morgan fingerprint density at radius 2 is 1.88 bits per heavy atom. The van der Waals surface area contributed by atoms with Crippen LogP contribution in [-0.4, -0.2) is 59.3 Å². The van der Waals surface area contributed by atoms with Gasteiger partial charge in [-0.2, -0.15) is 0 Å². The number of para-hydroxylation sites is 1. The number of hydrogen-bond acceptors (Lipinski definition) is 4. The maximum Gasteiger partial charge on any atom is 0.272 e. The number of carbonyl (C=O) groups is 2. The molecule has 6 nitrogen and oxygen atoms in total. The molecule has 0 aliphatic carbocycles. The third kappa shape index (κ3) is 2.92. The van der Waals surface area contributed by atoms with Gasteiger partial charge >= 0.3 is 0 Å². The lowest BCUT2D eigenvalue weighted by Gasteiger charge is -2.32. The molecule has 2 amide bonds. The van der Waals surface area contributed by atoms with Gasteiger partial charge in [0.1, 0.15) is 5.69 Å². The minimum Gasteiger partial charge on any atom is -0.342 e. The fourth-order valence-corrected chi connectivity index (χ4v) is 3.81. The van der Waals surface area contributed by atoms with Crippen LogP contribution in [0.3, 0.4) is 0 Å². The number of piperazine rings is 1. The summed E-state index contributed by atoms with van der Waals surface area (Å²) in [6.45, 7) is 4.46. The highest BCUT2D eigenvalue weighted by atomic mass is 16.2. The number of rotatable bonds is 3. The van der Waals surface area contributed by atoms with Crippen molar-refractivity contribution in [3.8, 4) is 0 Å². The van der Waals surface area contributed by atoms with Crippen LogP contribution in [0.5, 0.6) is 0 Å². The van der Waals surface area contributed by atoms with E-state index in [1.165, 1.54) is 11.3 Å². The standard InChI is InChI=1S/C20H22N4O2/c1-15-12-16-4-2-3-5-19(16)24(15)17-6-7-18(21-13-17)20(26)23-10-8-22(14-25)9-11-23/h2-7,13-15H,8-12H2,1H3. The first-order chi connectivity index (χ1) is 12.7. The topological polar surface area (TPSA) is 56.8 Å². The number of anilines is 2.